The van der Waals surface area contributed by atoms with E-state index in [4.69, 9.17) is 0 Å². The molecule has 2 heteroatoms. The van der Waals surface area contributed by atoms with E-state index >= 15 is 0 Å². The van der Waals surface area contributed by atoms with Crippen molar-refractivity contribution >= 4 is 22.6 Å². The second-order valence-corrected chi connectivity index (χ2v) is 4.48. The van der Waals surface area contributed by atoms with Crippen LogP contribution in [0.5, 0.6) is 0 Å². The van der Waals surface area contributed by atoms with E-state index in [2.05, 4.69) is 29.2 Å². The van der Waals surface area contributed by atoms with Crippen LogP contribution < -0.4 is 0 Å². The van der Waals surface area contributed by atoms with Crippen LogP contribution in [-0.4, -0.2) is 5.11 Å². The van der Waals surface area contributed by atoms with Gasteiger partial charge in [0, 0.05) is 3.57 Å². The summed E-state index contributed by atoms with van der Waals surface area (Å²) in [5.41, 5.74) is 1.97. The minimum absolute atomic E-state index is 0.410. The summed E-state index contributed by atoms with van der Waals surface area (Å²) < 4.78 is 1.15. The SMILES string of the molecule is C=C(C)CC(O)c1cccc(I)c1. The van der Waals surface area contributed by atoms with Gasteiger partial charge in [0.1, 0.15) is 0 Å². The zero-order valence-electron chi connectivity index (χ0n) is 7.63. The molecule has 1 N–H and O–H groups in total. The standard InChI is InChI=1S/C11H13IO/c1-8(2)6-11(13)9-4-3-5-10(12)7-9/h3-5,7,11,13H,1,6H2,2H3. The molecule has 0 amide bonds. The maximum absolute atomic E-state index is 9.75. The van der Waals surface area contributed by atoms with Crippen molar-refractivity contribution in [3.8, 4) is 0 Å². The Labute approximate surface area is 92.6 Å². The summed E-state index contributed by atoms with van der Waals surface area (Å²) in [6.45, 7) is 5.71. The Balaban J connectivity index is 2.76. The lowest BCUT2D eigenvalue weighted by molar-refractivity contribution is 0.178. The van der Waals surface area contributed by atoms with Crippen molar-refractivity contribution in [3.63, 3.8) is 0 Å². The van der Waals surface area contributed by atoms with Gasteiger partial charge in [0.05, 0.1) is 6.10 Å². The number of aliphatic hydroxyl groups excluding tert-OH is 1. The van der Waals surface area contributed by atoms with E-state index in [9.17, 15) is 5.11 Å². The Morgan fingerprint density at radius 1 is 1.62 bits per heavy atom. The highest BCUT2D eigenvalue weighted by Crippen LogP contribution is 2.21. The predicted molar refractivity (Wildman–Crippen MR) is 63.5 cm³/mol. The van der Waals surface area contributed by atoms with E-state index in [-0.39, 0.29) is 0 Å². The molecule has 70 valence electrons. The van der Waals surface area contributed by atoms with Gasteiger partial charge in [0.15, 0.2) is 0 Å². The van der Waals surface area contributed by atoms with Gasteiger partial charge in [-0.2, -0.15) is 0 Å². The van der Waals surface area contributed by atoms with E-state index < -0.39 is 6.10 Å². The lowest BCUT2D eigenvalue weighted by Gasteiger charge is -2.10. The van der Waals surface area contributed by atoms with Crippen molar-refractivity contribution in [3.05, 3.63) is 45.6 Å². The lowest BCUT2D eigenvalue weighted by atomic mass is 10.0. The monoisotopic (exact) mass is 288 g/mol. The first-order valence-corrected chi connectivity index (χ1v) is 5.25. The molecule has 0 aromatic heterocycles. The van der Waals surface area contributed by atoms with E-state index in [0.717, 1.165) is 14.7 Å². The molecule has 0 aliphatic rings. The largest absolute Gasteiger partial charge is 0.388 e. The Kier molecular flexibility index (Phi) is 3.93. The van der Waals surface area contributed by atoms with Gasteiger partial charge >= 0.3 is 0 Å². The highest BCUT2D eigenvalue weighted by atomic mass is 127. The van der Waals surface area contributed by atoms with Gasteiger partial charge in [-0.1, -0.05) is 17.7 Å². The molecule has 0 saturated heterocycles. The van der Waals surface area contributed by atoms with Gasteiger partial charge in [-0.15, -0.1) is 6.58 Å². The highest BCUT2D eigenvalue weighted by molar-refractivity contribution is 14.1. The molecule has 13 heavy (non-hydrogen) atoms. The molecule has 0 spiro atoms. The molecule has 1 rings (SSSR count). The maximum Gasteiger partial charge on any atom is 0.0827 e. The first-order chi connectivity index (χ1) is 6.09. The normalized spacial score (nSPS) is 12.5. The van der Waals surface area contributed by atoms with Crippen LogP contribution in [0.1, 0.15) is 25.0 Å². The van der Waals surface area contributed by atoms with Gasteiger partial charge in [0.25, 0.3) is 0 Å². The summed E-state index contributed by atoms with van der Waals surface area (Å²) >= 11 is 2.24. The Morgan fingerprint density at radius 2 is 2.31 bits per heavy atom. The molecule has 0 radical (unpaired) electrons. The van der Waals surface area contributed by atoms with E-state index in [0.29, 0.717) is 6.42 Å². The minimum Gasteiger partial charge on any atom is -0.388 e. The molecule has 0 aliphatic carbocycles. The van der Waals surface area contributed by atoms with Crippen LogP contribution in [0.25, 0.3) is 0 Å². The number of benzene rings is 1. The van der Waals surface area contributed by atoms with Crippen LogP contribution in [0.15, 0.2) is 36.4 Å². The second-order valence-electron chi connectivity index (χ2n) is 3.23. The Morgan fingerprint density at radius 3 is 2.85 bits per heavy atom. The quantitative estimate of drug-likeness (QED) is 0.668. The number of halogens is 1. The zero-order chi connectivity index (χ0) is 9.84. The predicted octanol–water partition coefficient (Wildman–Crippen LogP) is 3.29. The molecule has 0 heterocycles. The third-order valence-corrected chi connectivity index (χ3v) is 2.45. The molecular weight excluding hydrogens is 275 g/mol. The van der Waals surface area contributed by atoms with Gasteiger partial charge in [0.2, 0.25) is 0 Å². The minimum atomic E-state index is -0.410. The third-order valence-electron chi connectivity index (χ3n) is 1.78. The fourth-order valence-electron chi connectivity index (χ4n) is 1.16. The van der Waals surface area contributed by atoms with Crippen molar-refractivity contribution < 1.29 is 5.11 Å². The van der Waals surface area contributed by atoms with Crippen LogP contribution in [0.3, 0.4) is 0 Å². The smallest absolute Gasteiger partial charge is 0.0827 e. The molecule has 1 nitrogen and oxygen atoms in total. The Bertz CT molecular complexity index is 307. The maximum atomic E-state index is 9.75. The average Bonchev–Trinajstić information content (AvgIpc) is 2.03. The van der Waals surface area contributed by atoms with Gasteiger partial charge in [-0.25, -0.2) is 0 Å². The van der Waals surface area contributed by atoms with Gasteiger partial charge in [-0.3, -0.25) is 0 Å². The van der Waals surface area contributed by atoms with E-state index in [1.54, 1.807) is 0 Å². The summed E-state index contributed by atoms with van der Waals surface area (Å²) in [6.07, 6.45) is 0.229. The van der Waals surface area contributed by atoms with Crippen LogP contribution in [0.4, 0.5) is 0 Å². The summed E-state index contributed by atoms with van der Waals surface area (Å²) in [7, 11) is 0. The molecule has 0 bridgehead atoms. The Hall–Kier alpha value is -0.350. The summed E-state index contributed by atoms with van der Waals surface area (Å²) in [5.74, 6) is 0. The number of aliphatic hydroxyl groups is 1. The number of hydrogen-bond acceptors (Lipinski definition) is 1. The van der Waals surface area contributed by atoms with Crippen molar-refractivity contribution in [1.82, 2.24) is 0 Å². The molecule has 1 unspecified atom stereocenters. The van der Waals surface area contributed by atoms with Crippen LogP contribution in [0, 0.1) is 3.57 Å². The fourth-order valence-corrected chi connectivity index (χ4v) is 1.73. The summed E-state index contributed by atoms with van der Waals surface area (Å²) in [6, 6.07) is 7.90. The van der Waals surface area contributed by atoms with E-state index in [1.807, 2.05) is 31.2 Å². The van der Waals surface area contributed by atoms with Crippen LogP contribution >= 0.6 is 22.6 Å². The summed E-state index contributed by atoms with van der Waals surface area (Å²) in [4.78, 5) is 0. The fraction of sp³-hybridized carbons (Fsp3) is 0.273. The molecule has 0 aliphatic heterocycles. The molecule has 0 saturated carbocycles. The summed E-state index contributed by atoms with van der Waals surface area (Å²) in [5, 5.41) is 9.75. The number of rotatable bonds is 3. The topological polar surface area (TPSA) is 20.2 Å². The van der Waals surface area contributed by atoms with Gasteiger partial charge < -0.3 is 5.11 Å². The average molecular weight is 288 g/mol. The van der Waals surface area contributed by atoms with E-state index in [1.165, 1.54) is 0 Å². The van der Waals surface area contributed by atoms with Crippen molar-refractivity contribution in [2.45, 2.75) is 19.4 Å². The molecule has 1 aromatic rings. The third kappa shape index (κ3) is 3.48. The van der Waals surface area contributed by atoms with Crippen molar-refractivity contribution in [1.29, 1.82) is 0 Å². The van der Waals surface area contributed by atoms with Crippen LogP contribution in [-0.2, 0) is 0 Å². The van der Waals surface area contributed by atoms with Gasteiger partial charge in [-0.05, 0) is 53.6 Å². The number of hydrogen-bond donors (Lipinski definition) is 1. The first kappa shape index (κ1) is 10.7. The van der Waals surface area contributed by atoms with Crippen molar-refractivity contribution in [2.75, 3.05) is 0 Å². The lowest BCUT2D eigenvalue weighted by Crippen LogP contribution is -1.97. The second kappa shape index (κ2) is 4.77. The molecule has 1 atom stereocenters. The van der Waals surface area contributed by atoms with Crippen LogP contribution in [0.2, 0.25) is 0 Å². The molecule has 1 aromatic carbocycles. The first-order valence-electron chi connectivity index (χ1n) is 4.17. The highest BCUT2D eigenvalue weighted by Gasteiger charge is 2.06. The van der Waals surface area contributed by atoms with Crippen molar-refractivity contribution in [2.24, 2.45) is 0 Å². The molecular formula is C11H13IO. The molecule has 0 fully saturated rings. The zero-order valence-corrected chi connectivity index (χ0v) is 9.78.